The molecule has 0 saturated heterocycles. The SMILES string of the molecule is CC1CN=C(c2cncc(F)c2)N1. The van der Waals surface area contributed by atoms with E-state index in [0.717, 1.165) is 12.4 Å². The molecule has 1 aromatic heterocycles. The van der Waals surface area contributed by atoms with Crippen LogP contribution in [-0.2, 0) is 0 Å². The first-order valence-corrected chi connectivity index (χ1v) is 4.17. The smallest absolute Gasteiger partial charge is 0.142 e. The number of hydrogen-bond donors (Lipinski definition) is 1. The number of amidine groups is 1. The molecule has 0 radical (unpaired) electrons. The lowest BCUT2D eigenvalue weighted by atomic mass is 10.2. The van der Waals surface area contributed by atoms with Crippen LogP contribution in [0.15, 0.2) is 23.5 Å². The molecule has 3 nitrogen and oxygen atoms in total. The molecular formula is C9H10FN3. The van der Waals surface area contributed by atoms with Crippen molar-refractivity contribution in [2.24, 2.45) is 4.99 Å². The van der Waals surface area contributed by atoms with Gasteiger partial charge in [0.05, 0.1) is 12.7 Å². The molecule has 0 fully saturated rings. The van der Waals surface area contributed by atoms with Crippen molar-refractivity contribution in [3.8, 4) is 0 Å². The summed E-state index contributed by atoms with van der Waals surface area (Å²) in [6.07, 6.45) is 2.79. The molecule has 4 heteroatoms. The lowest BCUT2D eigenvalue weighted by molar-refractivity contribution is 0.620. The molecule has 0 aromatic carbocycles. The van der Waals surface area contributed by atoms with Gasteiger partial charge in [0.2, 0.25) is 0 Å². The second-order valence-electron chi connectivity index (χ2n) is 3.13. The fourth-order valence-electron chi connectivity index (χ4n) is 1.27. The van der Waals surface area contributed by atoms with Crippen LogP contribution >= 0.6 is 0 Å². The first-order chi connectivity index (χ1) is 6.25. The van der Waals surface area contributed by atoms with E-state index >= 15 is 0 Å². The summed E-state index contributed by atoms with van der Waals surface area (Å²) in [5.41, 5.74) is 0.712. The molecule has 1 N–H and O–H groups in total. The second-order valence-corrected chi connectivity index (χ2v) is 3.13. The Morgan fingerprint density at radius 1 is 1.54 bits per heavy atom. The molecule has 0 aliphatic carbocycles. The topological polar surface area (TPSA) is 37.3 Å². The van der Waals surface area contributed by atoms with Gasteiger partial charge in [-0.15, -0.1) is 0 Å². The van der Waals surface area contributed by atoms with Gasteiger partial charge in [0, 0.05) is 17.8 Å². The van der Waals surface area contributed by atoms with E-state index in [9.17, 15) is 4.39 Å². The van der Waals surface area contributed by atoms with Gasteiger partial charge in [-0.2, -0.15) is 0 Å². The van der Waals surface area contributed by atoms with E-state index in [0.29, 0.717) is 11.6 Å². The van der Waals surface area contributed by atoms with Gasteiger partial charge in [0.25, 0.3) is 0 Å². The van der Waals surface area contributed by atoms with Crippen molar-refractivity contribution < 1.29 is 4.39 Å². The Balaban J connectivity index is 2.26. The highest BCUT2D eigenvalue weighted by Crippen LogP contribution is 2.06. The van der Waals surface area contributed by atoms with Crippen LogP contribution in [0, 0.1) is 5.82 Å². The number of rotatable bonds is 1. The fourth-order valence-corrected chi connectivity index (χ4v) is 1.27. The number of aliphatic imine (C=N–C) groups is 1. The average Bonchev–Trinajstić information content (AvgIpc) is 2.52. The van der Waals surface area contributed by atoms with Crippen molar-refractivity contribution in [1.82, 2.24) is 10.3 Å². The summed E-state index contributed by atoms with van der Waals surface area (Å²) >= 11 is 0. The summed E-state index contributed by atoms with van der Waals surface area (Å²) in [7, 11) is 0. The number of hydrogen-bond acceptors (Lipinski definition) is 3. The quantitative estimate of drug-likeness (QED) is 0.697. The molecule has 1 aliphatic heterocycles. The monoisotopic (exact) mass is 179 g/mol. The predicted molar refractivity (Wildman–Crippen MR) is 48.2 cm³/mol. The number of halogens is 1. The molecular weight excluding hydrogens is 169 g/mol. The Kier molecular flexibility index (Phi) is 1.96. The maximum Gasteiger partial charge on any atom is 0.142 e. The number of pyridine rings is 1. The van der Waals surface area contributed by atoms with E-state index < -0.39 is 0 Å². The Morgan fingerprint density at radius 3 is 3.00 bits per heavy atom. The number of nitrogens with zero attached hydrogens (tertiary/aromatic N) is 2. The van der Waals surface area contributed by atoms with E-state index in [1.807, 2.05) is 6.92 Å². The summed E-state index contributed by atoms with van der Waals surface area (Å²) in [6, 6.07) is 1.76. The van der Waals surface area contributed by atoms with Crippen LogP contribution in [0.25, 0.3) is 0 Å². The van der Waals surface area contributed by atoms with Crippen LogP contribution in [0.4, 0.5) is 4.39 Å². The molecule has 1 aliphatic rings. The van der Waals surface area contributed by atoms with Crippen LogP contribution in [0.3, 0.4) is 0 Å². The maximum atomic E-state index is 12.8. The highest BCUT2D eigenvalue weighted by Gasteiger charge is 2.14. The lowest BCUT2D eigenvalue weighted by Crippen LogP contribution is -2.27. The van der Waals surface area contributed by atoms with E-state index in [-0.39, 0.29) is 5.82 Å². The Labute approximate surface area is 75.7 Å². The molecule has 2 rings (SSSR count). The molecule has 1 atom stereocenters. The summed E-state index contributed by atoms with van der Waals surface area (Å²) in [5, 5.41) is 3.14. The minimum absolute atomic E-state index is 0.332. The zero-order chi connectivity index (χ0) is 9.26. The second kappa shape index (κ2) is 3.12. The maximum absolute atomic E-state index is 12.8. The molecule has 0 spiro atoms. The van der Waals surface area contributed by atoms with Crippen molar-refractivity contribution >= 4 is 5.84 Å². The largest absolute Gasteiger partial charge is 0.366 e. The van der Waals surface area contributed by atoms with Crippen LogP contribution in [0.2, 0.25) is 0 Å². The summed E-state index contributed by atoms with van der Waals surface area (Å²) < 4.78 is 12.8. The van der Waals surface area contributed by atoms with Gasteiger partial charge in [-0.05, 0) is 13.0 Å². The molecule has 1 aromatic rings. The van der Waals surface area contributed by atoms with Crippen LogP contribution in [-0.4, -0.2) is 23.4 Å². The molecule has 0 amide bonds. The van der Waals surface area contributed by atoms with Gasteiger partial charge >= 0.3 is 0 Å². The zero-order valence-corrected chi connectivity index (χ0v) is 7.29. The Hall–Kier alpha value is -1.45. The van der Waals surface area contributed by atoms with Crippen molar-refractivity contribution in [1.29, 1.82) is 0 Å². The van der Waals surface area contributed by atoms with Gasteiger partial charge < -0.3 is 5.32 Å². The third kappa shape index (κ3) is 1.66. The summed E-state index contributed by atoms with van der Waals surface area (Å²) in [4.78, 5) is 7.98. The Morgan fingerprint density at radius 2 is 2.38 bits per heavy atom. The van der Waals surface area contributed by atoms with E-state index in [4.69, 9.17) is 0 Å². The van der Waals surface area contributed by atoms with Gasteiger partial charge in [-0.3, -0.25) is 9.98 Å². The van der Waals surface area contributed by atoms with Crippen LogP contribution in [0.5, 0.6) is 0 Å². The van der Waals surface area contributed by atoms with Crippen molar-refractivity contribution in [3.63, 3.8) is 0 Å². The lowest BCUT2D eigenvalue weighted by Gasteiger charge is -2.04. The van der Waals surface area contributed by atoms with Crippen molar-refractivity contribution in [2.45, 2.75) is 13.0 Å². The number of aromatic nitrogens is 1. The molecule has 1 unspecified atom stereocenters. The zero-order valence-electron chi connectivity index (χ0n) is 7.29. The molecule has 0 bridgehead atoms. The van der Waals surface area contributed by atoms with E-state index in [1.165, 1.54) is 12.3 Å². The Bertz CT molecular complexity index is 348. The standard InChI is InChI=1S/C9H10FN3/c1-6-3-12-9(13-6)7-2-8(10)5-11-4-7/h2,4-6H,3H2,1H3,(H,12,13). The van der Waals surface area contributed by atoms with E-state index in [2.05, 4.69) is 15.3 Å². The average molecular weight is 179 g/mol. The van der Waals surface area contributed by atoms with E-state index in [1.54, 1.807) is 6.20 Å². The first-order valence-electron chi connectivity index (χ1n) is 4.17. The molecule has 68 valence electrons. The number of nitrogens with one attached hydrogen (secondary N) is 1. The minimum Gasteiger partial charge on any atom is -0.366 e. The van der Waals surface area contributed by atoms with Gasteiger partial charge in [0.1, 0.15) is 11.7 Å². The third-order valence-corrected chi connectivity index (χ3v) is 1.88. The molecule has 2 heterocycles. The predicted octanol–water partition coefficient (Wildman–Crippen LogP) is 0.959. The normalized spacial score (nSPS) is 21.1. The fraction of sp³-hybridized carbons (Fsp3) is 0.333. The molecule has 13 heavy (non-hydrogen) atoms. The molecule has 0 saturated carbocycles. The summed E-state index contributed by atoms with van der Waals surface area (Å²) in [6.45, 7) is 2.77. The van der Waals surface area contributed by atoms with Crippen LogP contribution < -0.4 is 5.32 Å². The minimum atomic E-state index is -0.332. The highest BCUT2D eigenvalue weighted by molar-refractivity contribution is 5.99. The first kappa shape index (κ1) is 8.16. The third-order valence-electron chi connectivity index (χ3n) is 1.88. The highest BCUT2D eigenvalue weighted by atomic mass is 19.1. The van der Waals surface area contributed by atoms with Crippen LogP contribution in [0.1, 0.15) is 12.5 Å². The van der Waals surface area contributed by atoms with Gasteiger partial charge in [-0.1, -0.05) is 0 Å². The van der Waals surface area contributed by atoms with Gasteiger partial charge in [0.15, 0.2) is 0 Å². The van der Waals surface area contributed by atoms with Crippen molar-refractivity contribution in [2.75, 3.05) is 6.54 Å². The summed E-state index contributed by atoms with van der Waals surface area (Å²) in [5.74, 6) is 0.404. The van der Waals surface area contributed by atoms with Crippen molar-refractivity contribution in [3.05, 3.63) is 29.8 Å². The van der Waals surface area contributed by atoms with Gasteiger partial charge in [-0.25, -0.2) is 4.39 Å².